The fraction of sp³-hybridized carbons (Fsp3) is 0.0870. The second-order valence-corrected chi connectivity index (χ2v) is 7.14. The number of hydrogen-bond acceptors (Lipinski definition) is 7. The van der Waals surface area contributed by atoms with Crippen LogP contribution in [0.2, 0.25) is 0 Å². The maximum atomic E-state index is 13.0. The van der Waals surface area contributed by atoms with Gasteiger partial charge in [-0.05, 0) is 42.0 Å². The third-order valence-electron chi connectivity index (χ3n) is 5.16. The SMILES string of the molecule is O=C1C(=O)N(Cc2ccccn2)C(c2ccc(O)cc2)/C1=C(/O)c1ccc([N+](=O)[O-])cc1. The van der Waals surface area contributed by atoms with E-state index in [0.29, 0.717) is 11.3 Å². The highest BCUT2D eigenvalue weighted by Gasteiger charge is 2.46. The molecule has 1 aromatic heterocycles. The van der Waals surface area contributed by atoms with Crippen molar-refractivity contribution >= 4 is 23.1 Å². The summed E-state index contributed by atoms with van der Waals surface area (Å²) in [5.74, 6) is -2.13. The monoisotopic (exact) mass is 431 g/mol. The number of ketones is 1. The first-order valence-electron chi connectivity index (χ1n) is 9.59. The molecule has 1 fully saturated rings. The summed E-state index contributed by atoms with van der Waals surface area (Å²) in [5, 5.41) is 31.5. The summed E-state index contributed by atoms with van der Waals surface area (Å²) in [5.41, 5.74) is 0.892. The first-order valence-corrected chi connectivity index (χ1v) is 9.59. The van der Waals surface area contributed by atoms with Crippen LogP contribution in [0.25, 0.3) is 5.76 Å². The van der Waals surface area contributed by atoms with Crippen molar-refractivity contribution in [1.82, 2.24) is 9.88 Å². The van der Waals surface area contributed by atoms with E-state index in [1.165, 1.54) is 41.3 Å². The number of nitrogens with zero attached hydrogens (tertiary/aromatic N) is 3. The summed E-state index contributed by atoms with van der Waals surface area (Å²) in [6.07, 6.45) is 1.57. The van der Waals surface area contributed by atoms with E-state index in [0.717, 1.165) is 0 Å². The zero-order valence-electron chi connectivity index (χ0n) is 16.6. The van der Waals surface area contributed by atoms with Crippen LogP contribution in [0, 0.1) is 10.1 Å². The smallest absolute Gasteiger partial charge is 0.296 e. The highest BCUT2D eigenvalue weighted by atomic mass is 16.6. The van der Waals surface area contributed by atoms with Crippen molar-refractivity contribution in [1.29, 1.82) is 0 Å². The van der Waals surface area contributed by atoms with Gasteiger partial charge in [-0.25, -0.2) is 0 Å². The molecule has 2 aromatic carbocycles. The molecule has 32 heavy (non-hydrogen) atoms. The Morgan fingerprint density at radius 2 is 1.72 bits per heavy atom. The molecule has 1 aliphatic rings. The van der Waals surface area contributed by atoms with E-state index in [-0.39, 0.29) is 29.1 Å². The van der Waals surface area contributed by atoms with Gasteiger partial charge in [0.2, 0.25) is 0 Å². The molecule has 1 saturated heterocycles. The zero-order chi connectivity index (χ0) is 22.8. The van der Waals surface area contributed by atoms with Gasteiger partial charge in [-0.2, -0.15) is 0 Å². The lowest BCUT2D eigenvalue weighted by Crippen LogP contribution is -2.29. The van der Waals surface area contributed by atoms with Crippen LogP contribution in [0.4, 0.5) is 5.69 Å². The summed E-state index contributed by atoms with van der Waals surface area (Å²) in [7, 11) is 0. The van der Waals surface area contributed by atoms with E-state index in [4.69, 9.17) is 0 Å². The highest BCUT2D eigenvalue weighted by molar-refractivity contribution is 6.46. The number of Topliss-reactive ketones (excluding diaryl/α,β-unsaturated/α-hetero) is 1. The van der Waals surface area contributed by atoms with Gasteiger partial charge in [0, 0.05) is 23.9 Å². The Bertz CT molecular complexity index is 1220. The molecule has 1 aliphatic heterocycles. The minimum Gasteiger partial charge on any atom is -0.508 e. The van der Waals surface area contributed by atoms with Gasteiger partial charge < -0.3 is 15.1 Å². The van der Waals surface area contributed by atoms with Gasteiger partial charge in [-0.15, -0.1) is 0 Å². The molecule has 2 heterocycles. The normalized spacial score (nSPS) is 17.5. The van der Waals surface area contributed by atoms with E-state index in [9.17, 15) is 29.9 Å². The van der Waals surface area contributed by atoms with Crippen LogP contribution in [0.5, 0.6) is 5.75 Å². The van der Waals surface area contributed by atoms with Gasteiger partial charge in [0.05, 0.1) is 28.8 Å². The predicted molar refractivity (Wildman–Crippen MR) is 113 cm³/mol. The van der Waals surface area contributed by atoms with Crippen LogP contribution in [-0.4, -0.2) is 36.7 Å². The molecule has 1 amide bonds. The Balaban J connectivity index is 1.84. The molecule has 3 aromatic rings. The van der Waals surface area contributed by atoms with E-state index < -0.39 is 28.4 Å². The Morgan fingerprint density at radius 1 is 1.03 bits per heavy atom. The van der Waals surface area contributed by atoms with Gasteiger partial charge in [-0.1, -0.05) is 18.2 Å². The molecule has 160 valence electrons. The van der Waals surface area contributed by atoms with Crippen molar-refractivity contribution in [2.45, 2.75) is 12.6 Å². The van der Waals surface area contributed by atoms with Crippen LogP contribution in [0.3, 0.4) is 0 Å². The van der Waals surface area contributed by atoms with Crippen molar-refractivity contribution in [2.75, 3.05) is 0 Å². The number of pyridine rings is 1. The summed E-state index contributed by atoms with van der Waals surface area (Å²) >= 11 is 0. The molecule has 0 saturated carbocycles. The number of nitro groups is 1. The summed E-state index contributed by atoms with van der Waals surface area (Å²) < 4.78 is 0. The fourth-order valence-electron chi connectivity index (χ4n) is 3.61. The van der Waals surface area contributed by atoms with Gasteiger partial charge in [0.15, 0.2) is 0 Å². The van der Waals surface area contributed by atoms with Gasteiger partial charge >= 0.3 is 0 Å². The maximum Gasteiger partial charge on any atom is 0.296 e. The number of amides is 1. The Morgan fingerprint density at radius 3 is 2.31 bits per heavy atom. The molecule has 2 N–H and O–H groups in total. The first-order chi connectivity index (χ1) is 15.4. The van der Waals surface area contributed by atoms with Crippen LogP contribution in [-0.2, 0) is 16.1 Å². The summed E-state index contributed by atoms with van der Waals surface area (Å²) in [6.45, 7) is 0.0218. The molecular weight excluding hydrogens is 414 g/mol. The maximum absolute atomic E-state index is 13.0. The standard InChI is InChI=1S/C23H17N3O6/c27-18-10-6-14(7-11-18)20-19(21(28)15-4-8-17(9-5-15)26(31)32)22(29)23(30)25(20)13-16-3-1-2-12-24-16/h1-12,20,27-28H,13H2/b21-19-. The molecule has 0 radical (unpaired) electrons. The third-order valence-corrected chi connectivity index (χ3v) is 5.16. The minimum absolute atomic E-state index is 0.00537. The van der Waals surface area contributed by atoms with E-state index >= 15 is 0 Å². The number of phenolic OH excluding ortho intramolecular Hbond substituents is 1. The number of hydrogen-bond donors (Lipinski definition) is 2. The number of carbonyl (C=O) groups excluding carboxylic acids is 2. The number of benzene rings is 2. The van der Waals surface area contributed by atoms with Crippen molar-refractivity contribution in [3.05, 3.63) is 105 Å². The average Bonchev–Trinajstić information content (AvgIpc) is 3.05. The lowest BCUT2D eigenvalue weighted by Gasteiger charge is -2.25. The van der Waals surface area contributed by atoms with E-state index in [1.807, 2.05) is 0 Å². The van der Waals surface area contributed by atoms with Crippen molar-refractivity contribution < 1.29 is 24.7 Å². The number of phenols is 1. The van der Waals surface area contributed by atoms with Crippen LogP contribution in [0.15, 0.2) is 78.5 Å². The zero-order valence-corrected chi connectivity index (χ0v) is 16.6. The Kier molecular flexibility index (Phi) is 5.38. The molecule has 1 unspecified atom stereocenters. The van der Waals surface area contributed by atoms with Crippen LogP contribution < -0.4 is 0 Å². The largest absolute Gasteiger partial charge is 0.508 e. The van der Waals surface area contributed by atoms with Crippen LogP contribution >= 0.6 is 0 Å². The van der Waals surface area contributed by atoms with Gasteiger partial charge in [0.1, 0.15) is 11.5 Å². The lowest BCUT2D eigenvalue weighted by molar-refractivity contribution is -0.384. The van der Waals surface area contributed by atoms with E-state index in [1.54, 1.807) is 36.5 Å². The second-order valence-electron chi connectivity index (χ2n) is 7.14. The first kappa shape index (κ1) is 20.7. The second kappa shape index (κ2) is 8.31. The molecule has 1 atom stereocenters. The van der Waals surface area contributed by atoms with Crippen molar-refractivity contribution in [2.24, 2.45) is 0 Å². The number of aromatic nitrogens is 1. The summed E-state index contributed by atoms with van der Waals surface area (Å²) in [4.78, 5) is 41.7. The molecular formula is C23H17N3O6. The number of nitro benzene ring substituents is 1. The number of aliphatic hydroxyl groups excluding tert-OH is 1. The predicted octanol–water partition coefficient (Wildman–Crippen LogP) is 3.32. The topological polar surface area (TPSA) is 134 Å². The van der Waals surface area contributed by atoms with E-state index in [2.05, 4.69) is 4.98 Å². The van der Waals surface area contributed by atoms with Gasteiger partial charge in [-0.3, -0.25) is 24.7 Å². The third kappa shape index (κ3) is 3.79. The molecule has 0 bridgehead atoms. The Hall–Kier alpha value is -4.53. The lowest BCUT2D eigenvalue weighted by atomic mass is 9.95. The molecule has 0 spiro atoms. The molecule has 4 rings (SSSR count). The van der Waals surface area contributed by atoms with Crippen molar-refractivity contribution in [3.8, 4) is 5.75 Å². The molecule has 0 aliphatic carbocycles. The summed E-state index contributed by atoms with van der Waals surface area (Å²) in [6, 6.07) is 15.2. The van der Waals surface area contributed by atoms with Gasteiger partial charge in [0.25, 0.3) is 17.4 Å². The average molecular weight is 431 g/mol. The highest BCUT2D eigenvalue weighted by Crippen LogP contribution is 2.40. The Labute approximate surface area is 182 Å². The van der Waals surface area contributed by atoms with Crippen LogP contribution in [0.1, 0.15) is 22.9 Å². The number of non-ortho nitro benzene ring substituents is 1. The number of aromatic hydroxyl groups is 1. The molecule has 9 heteroatoms. The number of carbonyl (C=O) groups is 2. The fourth-order valence-corrected chi connectivity index (χ4v) is 3.61. The number of likely N-dealkylation sites (tertiary alicyclic amines) is 1. The quantitative estimate of drug-likeness (QED) is 0.208. The molecule has 9 nitrogen and oxygen atoms in total. The number of rotatable bonds is 5. The minimum atomic E-state index is -0.937. The van der Waals surface area contributed by atoms with Crippen molar-refractivity contribution in [3.63, 3.8) is 0 Å². The number of aliphatic hydroxyl groups is 1.